The van der Waals surface area contributed by atoms with E-state index in [0.717, 1.165) is 0 Å². The molecule has 2 nitrogen and oxygen atoms in total. The van der Waals surface area contributed by atoms with Gasteiger partial charge >= 0.3 is 8.23 Å². The monoisotopic (exact) mass is 138 g/mol. The molecule has 0 aromatic heterocycles. The molecule has 0 aliphatic heterocycles. The standard InChI is InChI=1S/C3H11O2PSi/c1-4-7(3,6)5-2/h6H2,1-3H3. The first-order chi connectivity index (χ1) is 3.12. The lowest BCUT2D eigenvalue weighted by atomic mass is 11.8. The third kappa shape index (κ3) is 3.18. The molecule has 0 saturated carbocycles. The first kappa shape index (κ1) is 7.57. The lowest BCUT2D eigenvalue weighted by Crippen LogP contribution is -2.27. The molecule has 0 aromatic rings. The zero-order valence-electron chi connectivity index (χ0n) is 4.89. The average Bonchev–Trinajstić information content (AvgIpc) is 1.68. The second-order valence-corrected chi connectivity index (χ2v) is 7.42. The maximum Gasteiger partial charge on any atom is 0.354 e. The van der Waals surface area contributed by atoms with Crippen LogP contribution in [0.5, 0.6) is 0 Å². The van der Waals surface area contributed by atoms with Crippen LogP contribution < -0.4 is 0 Å². The Morgan fingerprint density at radius 2 is 1.57 bits per heavy atom. The number of hydrogen-bond donors (Lipinski definition) is 0. The lowest BCUT2D eigenvalue weighted by Gasteiger charge is -2.15. The van der Waals surface area contributed by atoms with Crippen molar-refractivity contribution < 1.29 is 8.85 Å². The fraction of sp³-hybridized carbons (Fsp3) is 1.00. The summed E-state index contributed by atoms with van der Waals surface area (Å²) in [5.74, 6) is 0. The second kappa shape index (κ2) is 2.77. The minimum atomic E-state index is -1.73. The van der Waals surface area contributed by atoms with Crippen molar-refractivity contribution in [1.29, 1.82) is 0 Å². The van der Waals surface area contributed by atoms with E-state index in [1.807, 2.05) is 6.55 Å². The summed E-state index contributed by atoms with van der Waals surface area (Å²) in [5, 5.41) is 0. The maximum atomic E-state index is 4.97. The third-order valence-corrected chi connectivity index (χ3v) is 3.85. The Labute approximate surface area is 47.5 Å². The zero-order chi connectivity index (χ0) is 5.91. The predicted octanol–water partition coefficient (Wildman–Crippen LogP) is 0.723. The number of rotatable bonds is 2. The highest BCUT2D eigenvalue weighted by atomic mass is 31.3. The minimum absolute atomic E-state index is 1.66. The molecule has 0 spiro atoms. The fourth-order valence-electron chi connectivity index (χ4n) is 0.0833. The summed E-state index contributed by atoms with van der Waals surface area (Å²) in [6.45, 7) is 1.96. The quantitative estimate of drug-likeness (QED) is 0.413. The van der Waals surface area contributed by atoms with Crippen molar-refractivity contribution >= 4 is 17.0 Å². The van der Waals surface area contributed by atoms with E-state index in [1.165, 1.54) is 0 Å². The Morgan fingerprint density at radius 1 is 1.29 bits per heavy atom. The summed E-state index contributed by atoms with van der Waals surface area (Å²) >= 11 is 0. The molecule has 0 fully saturated rings. The van der Waals surface area contributed by atoms with E-state index < -0.39 is 8.23 Å². The topological polar surface area (TPSA) is 18.5 Å². The van der Waals surface area contributed by atoms with E-state index in [1.54, 1.807) is 14.2 Å². The molecule has 0 N–H and O–H groups in total. The molecule has 0 aliphatic rings. The van der Waals surface area contributed by atoms with Gasteiger partial charge in [0.1, 0.15) is 0 Å². The van der Waals surface area contributed by atoms with Gasteiger partial charge in [-0.15, -0.1) is 0 Å². The molecule has 0 aliphatic carbocycles. The average molecular weight is 138 g/mol. The molecule has 0 bridgehead atoms. The van der Waals surface area contributed by atoms with Gasteiger partial charge in [-0.25, -0.2) is 0 Å². The van der Waals surface area contributed by atoms with Crippen LogP contribution in [0, 0.1) is 0 Å². The van der Waals surface area contributed by atoms with Crippen molar-refractivity contribution in [2.24, 2.45) is 0 Å². The van der Waals surface area contributed by atoms with Gasteiger partial charge in [0.2, 0.25) is 0 Å². The smallest absolute Gasteiger partial charge is 0.354 e. The van der Waals surface area contributed by atoms with Gasteiger partial charge in [-0.05, 0) is 6.55 Å². The minimum Gasteiger partial charge on any atom is -0.395 e. The van der Waals surface area contributed by atoms with Crippen LogP contribution in [0.2, 0.25) is 6.55 Å². The van der Waals surface area contributed by atoms with E-state index >= 15 is 0 Å². The van der Waals surface area contributed by atoms with Crippen LogP contribution in [0.15, 0.2) is 0 Å². The van der Waals surface area contributed by atoms with E-state index in [0.29, 0.717) is 0 Å². The van der Waals surface area contributed by atoms with Crippen molar-refractivity contribution in [3.05, 3.63) is 0 Å². The van der Waals surface area contributed by atoms with E-state index in [-0.39, 0.29) is 0 Å². The molecule has 1 unspecified atom stereocenters. The van der Waals surface area contributed by atoms with E-state index in [4.69, 9.17) is 8.85 Å². The van der Waals surface area contributed by atoms with Crippen molar-refractivity contribution in [1.82, 2.24) is 0 Å². The Balaban J connectivity index is 3.36. The summed E-state index contributed by atoms with van der Waals surface area (Å²) in [6, 6.07) is 0. The number of hydrogen-bond acceptors (Lipinski definition) is 2. The van der Waals surface area contributed by atoms with Gasteiger partial charge < -0.3 is 8.85 Å². The summed E-state index contributed by atoms with van der Waals surface area (Å²) in [6.07, 6.45) is 0. The molecular formula is C3H11O2PSi. The van der Waals surface area contributed by atoms with Crippen LogP contribution in [0.3, 0.4) is 0 Å². The highest BCUT2D eigenvalue weighted by Gasteiger charge is 2.19. The lowest BCUT2D eigenvalue weighted by molar-refractivity contribution is 0.275. The summed E-state index contributed by atoms with van der Waals surface area (Å²) < 4.78 is 9.93. The van der Waals surface area contributed by atoms with Crippen LogP contribution in [-0.2, 0) is 8.85 Å². The van der Waals surface area contributed by atoms with Crippen LogP contribution in [0.4, 0.5) is 0 Å². The van der Waals surface area contributed by atoms with Gasteiger partial charge in [0.05, 0.1) is 0 Å². The second-order valence-electron chi connectivity index (χ2n) is 1.42. The Bertz CT molecular complexity index is 50.9. The van der Waals surface area contributed by atoms with Crippen molar-refractivity contribution in [2.45, 2.75) is 6.55 Å². The summed E-state index contributed by atoms with van der Waals surface area (Å²) in [4.78, 5) is 0. The molecule has 44 valence electrons. The molecular weight excluding hydrogens is 127 g/mol. The Hall–Kier alpha value is 0.567. The van der Waals surface area contributed by atoms with Gasteiger partial charge in [0.25, 0.3) is 0 Å². The van der Waals surface area contributed by atoms with Crippen molar-refractivity contribution in [2.75, 3.05) is 14.2 Å². The molecule has 4 heteroatoms. The molecule has 0 heterocycles. The maximum absolute atomic E-state index is 4.97. The van der Waals surface area contributed by atoms with Crippen LogP contribution >= 0.6 is 8.79 Å². The molecule has 0 rings (SSSR count). The molecule has 7 heavy (non-hydrogen) atoms. The van der Waals surface area contributed by atoms with Crippen molar-refractivity contribution in [3.8, 4) is 0 Å². The highest BCUT2D eigenvalue weighted by molar-refractivity contribution is 7.65. The largest absolute Gasteiger partial charge is 0.395 e. The summed E-state index contributed by atoms with van der Waals surface area (Å²) in [5.41, 5.74) is 0. The van der Waals surface area contributed by atoms with Crippen LogP contribution in [-0.4, -0.2) is 22.4 Å². The Kier molecular flexibility index (Phi) is 3.00. The third-order valence-electron chi connectivity index (χ3n) is 0.811. The zero-order valence-corrected chi connectivity index (χ0v) is 7.05. The van der Waals surface area contributed by atoms with Gasteiger partial charge in [-0.2, -0.15) is 0 Å². The molecule has 0 saturated heterocycles. The van der Waals surface area contributed by atoms with Gasteiger partial charge in [-0.3, -0.25) is 0 Å². The SMILES string of the molecule is CO[Si](C)(P)OC. The van der Waals surface area contributed by atoms with Gasteiger partial charge in [-0.1, -0.05) is 8.79 Å². The van der Waals surface area contributed by atoms with Crippen molar-refractivity contribution in [3.63, 3.8) is 0 Å². The van der Waals surface area contributed by atoms with Gasteiger partial charge in [0, 0.05) is 14.2 Å². The first-order valence-electron chi connectivity index (χ1n) is 2.01. The van der Waals surface area contributed by atoms with E-state index in [2.05, 4.69) is 8.79 Å². The van der Waals surface area contributed by atoms with E-state index in [9.17, 15) is 0 Å². The van der Waals surface area contributed by atoms with Crippen LogP contribution in [0.1, 0.15) is 0 Å². The predicted molar refractivity (Wildman–Crippen MR) is 35.3 cm³/mol. The Morgan fingerprint density at radius 3 is 1.57 bits per heavy atom. The molecule has 1 atom stereocenters. The van der Waals surface area contributed by atoms with Gasteiger partial charge in [0.15, 0.2) is 0 Å². The highest BCUT2D eigenvalue weighted by Crippen LogP contribution is 2.11. The fourth-order valence-corrected chi connectivity index (χ4v) is 0.250. The normalized spacial score (nSPS) is 12.0. The summed E-state index contributed by atoms with van der Waals surface area (Å²) in [7, 11) is 4.14. The molecule has 0 radical (unpaired) electrons. The first-order valence-corrected chi connectivity index (χ1v) is 6.14. The van der Waals surface area contributed by atoms with Crippen LogP contribution in [0.25, 0.3) is 0 Å². The molecule has 0 amide bonds. The molecule has 0 aromatic carbocycles.